The van der Waals surface area contributed by atoms with Gasteiger partial charge in [0.1, 0.15) is 0 Å². The van der Waals surface area contributed by atoms with E-state index < -0.39 is 0 Å². The Morgan fingerprint density at radius 3 is 2.67 bits per heavy atom. The highest BCUT2D eigenvalue weighted by atomic mass is 16.5. The molecule has 0 unspecified atom stereocenters. The maximum atomic E-state index is 8.77. The first-order chi connectivity index (χ1) is 10.3. The van der Waals surface area contributed by atoms with E-state index in [0.29, 0.717) is 6.61 Å². The zero-order valence-corrected chi connectivity index (χ0v) is 12.8. The van der Waals surface area contributed by atoms with Crippen LogP contribution in [-0.4, -0.2) is 54.0 Å². The van der Waals surface area contributed by atoms with Crippen LogP contribution in [0.25, 0.3) is 0 Å². The Balaban J connectivity index is 1.78. The molecule has 2 heterocycles. The highest BCUT2D eigenvalue weighted by Crippen LogP contribution is 2.17. The van der Waals surface area contributed by atoms with Crippen molar-refractivity contribution in [2.24, 2.45) is 0 Å². The third-order valence-corrected chi connectivity index (χ3v) is 3.62. The molecule has 0 atom stereocenters. The molecule has 6 heteroatoms. The minimum Gasteiger partial charge on any atom is -0.394 e. The zero-order chi connectivity index (χ0) is 14.9. The summed E-state index contributed by atoms with van der Waals surface area (Å²) in [4.78, 5) is 11.1. The highest BCUT2D eigenvalue weighted by Gasteiger charge is 2.21. The monoisotopic (exact) mass is 294 g/mol. The van der Waals surface area contributed by atoms with Gasteiger partial charge in [0.15, 0.2) is 0 Å². The van der Waals surface area contributed by atoms with Crippen molar-refractivity contribution in [2.75, 3.05) is 37.7 Å². The Morgan fingerprint density at radius 1 is 1.33 bits per heavy atom. The van der Waals surface area contributed by atoms with Gasteiger partial charge in [-0.1, -0.05) is 6.92 Å². The molecule has 1 fully saturated rings. The van der Waals surface area contributed by atoms with Crippen molar-refractivity contribution in [3.63, 3.8) is 0 Å². The van der Waals surface area contributed by atoms with E-state index in [1.54, 1.807) is 0 Å². The summed E-state index contributed by atoms with van der Waals surface area (Å²) in [6.07, 6.45) is 7.11. The summed E-state index contributed by atoms with van der Waals surface area (Å²) in [6, 6.07) is 0. The minimum atomic E-state index is 0.0941. The van der Waals surface area contributed by atoms with Crippen LogP contribution in [0.5, 0.6) is 0 Å². The zero-order valence-electron chi connectivity index (χ0n) is 12.8. The number of nitrogens with one attached hydrogen (secondary N) is 1. The van der Waals surface area contributed by atoms with Gasteiger partial charge >= 0.3 is 0 Å². The summed E-state index contributed by atoms with van der Waals surface area (Å²) in [7, 11) is 0. The Hall–Kier alpha value is -1.24. The van der Waals surface area contributed by atoms with Crippen LogP contribution in [-0.2, 0) is 11.3 Å². The Labute approximate surface area is 126 Å². The molecule has 0 radical (unpaired) electrons. The molecule has 0 aromatic carbocycles. The van der Waals surface area contributed by atoms with Crippen LogP contribution < -0.4 is 10.2 Å². The second-order valence-corrected chi connectivity index (χ2v) is 5.35. The predicted molar refractivity (Wildman–Crippen MR) is 82.3 cm³/mol. The first-order valence-electron chi connectivity index (χ1n) is 7.82. The van der Waals surface area contributed by atoms with Crippen LogP contribution >= 0.6 is 0 Å². The van der Waals surface area contributed by atoms with Crippen molar-refractivity contribution in [1.29, 1.82) is 0 Å². The van der Waals surface area contributed by atoms with E-state index in [4.69, 9.17) is 9.84 Å². The van der Waals surface area contributed by atoms with E-state index >= 15 is 0 Å². The predicted octanol–water partition coefficient (Wildman–Crippen LogP) is 0.954. The summed E-state index contributed by atoms with van der Waals surface area (Å²) in [5.41, 5.74) is 1.12. The van der Waals surface area contributed by atoms with Gasteiger partial charge in [0, 0.05) is 37.6 Å². The normalized spacial score (nSPS) is 16.4. The molecule has 1 saturated heterocycles. The van der Waals surface area contributed by atoms with Crippen LogP contribution in [0.2, 0.25) is 0 Å². The summed E-state index contributed by atoms with van der Waals surface area (Å²) >= 11 is 0. The summed E-state index contributed by atoms with van der Waals surface area (Å²) in [5.74, 6) is 0.801. The Morgan fingerprint density at radius 2 is 2.05 bits per heavy atom. The lowest BCUT2D eigenvalue weighted by Gasteiger charge is -2.31. The molecule has 0 bridgehead atoms. The molecule has 0 aliphatic carbocycles. The Bertz CT molecular complexity index is 391. The van der Waals surface area contributed by atoms with Gasteiger partial charge < -0.3 is 20.1 Å². The molecular formula is C15H26N4O2. The van der Waals surface area contributed by atoms with E-state index in [2.05, 4.69) is 27.1 Å². The number of anilines is 1. The average Bonchev–Trinajstić information content (AvgIpc) is 2.54. The molecular weight excluding hydrogens is 268 g/mol. The van der Waals surface area contributed by atoms with E-state index in [-0.39, 0.29) is 12.7 Å². The molecule has 1 aliphatic heterocycles. The molecule has 118 valence electrons. The summed E-state index contributed by atoms with van der Waals surface area (Å²) in [5, 5.41) is 12.1. The maximum Gasteiger partial charge on any atom is 0.225 e. The fraction of sp³-hybridized carbons (Fsp3) is 0.733. The van der Waals surface area contributed by atoms with E-state index in [1.165, 1.54) is 0 Å². The lowest BCUT2D eigenvalue weighted by molar-refractivity contribution is 0.0157. The molecule has 1 aromatic heterocycles. The largest absolute Gasteiger partial charge is 0.394 e. The smallest absolute Gasteiger partial charge is 0.225 e. The number of hydrogen-bond donors (Lipinski definition) is 2. The number of hydrogen-bond acceptors (Lipinski definition) is 6. The fourth-order valence-electron chi connectivity index (χ4n) is 2.45. The number of aromatic nitrogens is 2. The lowest BCUT2D eigenvalue weighted by Crippen LogP contribution is -2.38. The van der Waals surface area contributed by atoms with Crippen molar-refractivity contribution >= 4 is 5.95 Å². The van der Waals surface area contributed by atoms with Gasteiger partial charge in [-0.15, -0.1) is 0 Å². The van der Waals surface area contributed by atoms with E-state index in [0.717, 1.165) is 57.0 Å². The molecule has 0 saturated carbocycles. The van der Waals surface area contributed by atoms with Crippen LogP contribution in [0.4, 0.5) is 5.95 Å². The second-order valence-electron chi connectivity index (χ2n) is 5.35. The first-order valence-corrected chi connectivity index (χ1v) is 7.82. The third-order valence-electron chi connectivity index (χ3n) is 3.62. The van der Waals surface area contributed by atoms with Gasteiger partial charge in [-0.05, 0) is 25.8 Å². The van der Waals surface area contributed by atoms with Crippen molar-refractivity contribution in [3.05, 3.63) is 18.0 Å². The van der Waals surface area contributed by atoms with Crippen molar-refractivity contribution in [2.45, 2.75) is 38.8 Å². The standard InChI is InChI=1S/C15H26N4O2/c1-2-5-16-10-13-11-17-15(18-12-13)19-6-3-14(4-7-19)21-9-8-20/h11-12,14,16,20H,2-10H2,1H3. The number of nitrogens with zero attached hydrogens (tertiary/aromatic N) is 3. The number of rotatable bonds is 8. The van der Waals surface area contributed by atoms with Gasteiger partial charge in [-0.3, -0.25) is 0 Å². The quantitative estimate of drug-likeness (QED) is 0.696. The molecule has 0 amide bonds. The van der Waals surface area contributed by atoms with Crippen LogP contribution in [0.3, 0.4) is 0 Å². The van der Waals surface area contributed by atoms with Gasteiger partial charge in [-0.2, -0.15) is 0 Å². The minimum absolute atomic E-state index is 0.0941. The maximum absolute atomic E-state index is 8.77. The second kappa shape index (κ2) is 8.92. The number of aliphatic hydroxyl groups is 1. The average molecular weight is 294 g/mol. The Kier molecular flexibility index (Phi) is 6.85. The number of piperidine rings is 1. The van der Waals surface area contributed by atoms with Gasteiger partial charge in [-0.25, -0.2) is 9.97 Å². The fourth-order valence-corrected chi connectivity index (χ4v) is 2.45. The first kappa shape index (κ1) is 16.1. The van der Waals surface area contributed by atoms with Crippen LogP contribution in [0, 0.1) is 0 Å². The van der Waals surface area contributed by atoms with Crippen LogP contribution in [0.15, 0.2) is 12.4 Å². The summed E-state index contributed by atoms with van der Waals surface area (Å²) in [6.45, 7) is 6.33. The van der Waals surface area contributed by atoms with Crippen LogP contribution in [0.1, 0.15) is 31.7 Å². The van der Waals surface area contributed by atoms with Crippen molar-refractivity contribution in [1.82, 2.24) is 15.3 Å². The van der Waals surface area contributed by atoms with Gasteiger partial charge in [0.25, 0.3) is 0 Å². The molecule has 0 spiro atoms. The molecule has 6 nitrogen and oxygen atoms in total. The highest BCUT2D eigenvalue weighted by molar-refractivity contribution is 5.30. The number of aliphatic hydroxyl groups excluding tert-OH is 1. The molecule has 2 rings (SSSR count). The molecule has 1 aliphatic rings. The molecule has 21 heavy (non-hydrogen) atoms. The lowest BCUT2D eigenvalue weighted by atomic mass is 10.1. The van der Waals surface area contributed by atoms with Gasteiger partial charge in [0.05, 0.1) is 19.3 Å². The summed E-state index contributed by atoms with van der Waals surface area (Å²) < 4.78 is 5.56. The van der Waals surface area contributed by atoms with E-state index in [9.17, 15) is 0 Å². The number of ether oxygens (including phenoxy) is 1. The van der Waals surface area contributed by atoms with Crippen molar-refractivity contribution < 1.29 is 9.84 Å². The SMILES string of the molecule is CCCNCc1cnc(N2CCC(OCCO)CC2)nc1. The van der Waals surface area contributed by atoms with E-state index in [1.807, 2.05) is 12.4 Å². The van der Waals surface area contributed by atoms with Gasteiger partial charge in [0.2, 0.25) is 5.95 Å². The molecule has 2 N–H and O–H groups in total. The molecule has 1 aromatic rings. The topological polar surface area (TPSA) is 70.5 Å². The van der Waals surface area contributed by atoms with Crippen molar-refractivity contribution in [3.8, 4) is 0 Å². The third kappa shape index (κ3) is 5.22.